The Morgan fingerprint density at radius 3 is 2.43 bits per heavy atom. The third-order valence-corrected chi connectivity index (χ3v) is 4.51. The highest BCUT2D eigenvalue weighted by Gasteiger charge is 2.40. The molecule has 0 aromatic rings. The molecule has 0 radical (unpaired) electrons. The minimum Gasteiger partial charge on any atom is -0.284 e. The van der Waals surface area contributed by atoms with Crippen LogP contribution in [0.3, 0.4) is 0 Å². The second-order valence-electron chi connectivity index (χ2n) is 2.85. The first-order valence-electron chi connectivity index (χ1n) is 3.94. The zero-order valence-corrected chi connectivity index (χ0v) is 8.83. The Morgan fingerprint density at radius 2 is 1.93 bits per heavy atom. The fraction of sp³-hybridized carbons (Fsp3) is 1.00. The van der Waals surface area contributed by atoms with Crippen molar-refractivity contribution in [3.63, 3.8) is 0 Å². The topological polar surface area (TPSA) is 88.1 Å². The summed E-state index contributed by atoms with van der Waals surface area (Å²) in [6.45, 7) is 0.244. The average molecular weight is 244 g/mol. The van der Waals surface area contributed by atoms with E-state index in [1.54, 1.807) is 0 Å². The van der Waals surface area contributed by atoms with E-state index in [1.165, 1.54) is 0 Å². The van der Waals surface area contributed by atoms with Crippen molar-refractivity contribution in [1.82, 2.24) is 0 Å². The SMILES string of the molecule is O=P1(OC2COS(=O)(=O)C2)OCCO1. The van der Waals surface area contributed by atoms with Gasteiger partial charge in [0.25, 0.3) is 10.1 Å². The summed E-state index contributed by atoms with van der Waals surface area (Å²) in [5.74, 6) is -0.316. The smallest absolute Gasteiger partial charge is 0.284 e. The Balaban J connectivity index is 1.96. The zero-order chi connectivity index (χ0) is 10.2. The Morgan fingerprint density at radius 1 is 1.29 bits per heavy atom. The highest BCUT2D eigenvalue weighted by atomic mass is 32.2. The fourth-order valence-electron chi connectivity index (χ4n) is 1.14. The van der Waals surface area contributed by atoms with Crippen LogP contribution in [-0.2, 0) is 32.4 Å². The van der Waals surface area contributed by atoms with Crippen molar-refractivity contribution < 1.29 is 30.7 Å². The highest BCUT2D eigenvalue weighted by molar-refractivity contribution is 7.87. The summed E-state index contributed by atoms with van der Waals surface area (Å²) in [5.41, 5.74) is 0. The molecular formula is C5H9O7PS. The van der Waals surface area contributed by atoms with Gasteiger partial charge in [-0.15, -0.1) is 0 Å². The largest absolute Gasteiger partial charge is 0.475 e. The predicted octanol–water partition coefficient (Wildman–Crippen LogP) is -0.113. The molecule has 0 amide bonds. The van der Waals surface area contributed by atoms with Gasteiger partial charge in [-0.1, -0.05) is 0 Å². The van der Waals surface area contributed by atoms with Gasteiger partial charge in [0, 0.05) is 0 Å². The molecule has 82 valence electrons. The molecule has 0 N–H and O–H groups in total. The van der Waals surface area contributed by atoms with E-state index in [0.29, 0.717) is 0 Å². The van der Waals surface area contributed by atoms with Crippen LogP contribution in [0.1, 0.15) is 0 Å². The summed E-state index contributed by atoms with van der Waals surface area (Å²) in [6.07, 6.45) is -0.774. The van der Waals surface area contributed by atoms with E-state index in [2.05, 4.69) is 4.18 Å². The molecule has 1 unspecified atom stereocenters. The second-order valence-corrected chi connectivity index (χ2v) is 6.16. The highest BCUT2D eigenvalue weighted by Crippen LogP contribution is 2.54. The molecule has 2 aliphatic rings. The maximum Gasteiger partial charge on any atom is 0.475 e. The Labute approximate surface area is 81.0 Å². The minimum atomic E-state index is -3.52. The van der Waals surface area contributed by atoms with Crippen LogP contribution in [0, 0.1) is 0 Å². The van der Waals surface area contributed by atoms with Gasteiger partial charge in [0.2, 0.25) is 0 Å². The van der Waals surface area contributed by atoms with Crippen LogP contribution in [0.15, 0.2) is 0 Å². The summed E-state index contributed by atoms with van der Waals surface area (Å²) < 4.78 is 51.9. The Bertz CT molecular complexity index is 352. The third-order valence-electron chi connectivity index (χ3n) is 1.68. The molecule has 2 rings (SSSR count). The molecule has 9 heteroatoms. The van der Waals surface area contributed by atoms with Gasteiger partial charge in [-0.05, 0) is 0 Å². The first-order chi connectivity index (χ1) is 6.49. The Hall–Kier alpha value is 0.0200. The normalized spacial score (nSPS) is 34.7. The predicted molar refractivity (Wildman–Crippen MR) is 44.1 cm³/mol. The lowest BCUT2D eigenvalue weighted by Gasteiger charge is -2.12. The van der Waals surface area contributed by atoms with Crippen LogP contribution in [0.2, 0.25) is 0 Å². The molecule has 14 heavy (non-hydrogen) atoms. The van der Waals surface area contributed by atoms with Crippen LogP contribution >= 0.6 is 7.82 Å². The molecule has 0 bridgehead atoms. The van der Waals surface area contributed by atoms with Gasteiger partial charge >= 0.3 is 7.82 Å². The lowest BCUT2D eigenvalue weighted by molar-refractivity contribution is 0.122. The maximum absolute atomic E-state index is 11.5. The van der Waals surface area contributed by atoms with E-state index >= 15 is 0 Å². The van der Waals surface area contributed by atoms with Crippen molar-refractivity contribution in [2.24, 2.45) is 0 Å². The van der Waals surface area contributed by atoms with Crippen LogP contribution in [-0.4, -0.2) is 40.1 Å². The van der Waals surface area contributed by atoms with Crippen LogP contribution < -0.4 is 0 Å². The first kappa shape index (κ1) is 10.5. The lowest BCUT2D eigenvalue weighted by atomic mass is 10.5. The molecular weight excluding hydrogens is 235 g/mol. The van der Waals surface area contributed by atoms with Gasteiger partial charge in [0.15, 0.2) is 0 Å². The molecule has 2 heterocycles. The molecule has 0 aliphatic carbocycles. The van der Waals surface area contributed by atoms with Gasteiger partial charge in [-0.25, -0.2) is 4.57 Å². The van der Waals surface area contributed by atoms with E-state index in [1.807, 2.05) is 0 Å². The van der Waals surface area contributed by atoms with Gasteiger partial charge < -0.3 is 0 Å². The van der Waals surface area contributed by atoms with Crippen molar-refractivity contribution in [3.05, 3.63) is 0 Å². The molecule has 0 spiro atoms. The zero-order valence-electron chi connectivity index (χ0n) is 7.12. The molecule has 0 saturated carbocycles. The average Bonchev–Trinajstić information content (AvgIpc) is 2.59. The van der Waals surface area contributed by atoms with E-state index < -0.39 is 24.0 Å². The van der Waals surface area contributed by atoms with Crippen molar-refractivity contribution in [1.29, 1.82) is 0 Å². The maximum atomic E-state index is 11.5. The van der Waals surface area contributed by atoms with Gasteiger partial charge in [0.1, 0.15) is 11.9 Å². The second kappa shape index (κ2) is 3.55. The van der Waals surface area contributed by atoms with Crippen LogP contribution in [0.4, 0.5) is 0 Å². The number of phosphoric ester groups is 1. The van der Waals surface area contributed by atoms with Crippen molar-refractivity contribution in [3.8, 4) is 0 Å². The number of rotatable bonds is 2. The summed E-state index contributed by atoms with van der Waals surface area (Å²) in [5, 5.41) is 0. The lowest BCUT2D eigenvalue weighted by Crippen LogP contribution is -2.15. The van der Waals surface area contributed by atoms with Crippen molar-refractivity contribution in [2.75, 3.05) is 25.6 Å². The van der Waals surface area contributed by atoms with E-state index in [4.69, 9.17) is 13.6 Å². The molecule has 1 atom stereocenters. The molecule has 0 aromatic carbocycles. The number of hydrogen-bond acceptors (Lipinski definition) is 7. The van der Waals surface area contributed by atoms with E-state index in [0.717, 1.165) is 0 Å². The third kappa shape index (κ3) is 2.33. The summed E-state index contributed by atoms with van der Waals surface area (Å²) in [4.78, 5) is 0. The molecule has 2 saturated heterocycles. The first-order valence-corrected chi connectivity index (χ1v) is 6.98. The fourth-order valence-corrected chi connectivity index (χ4v) is 3.61. The van der Waals surface area contributed by atoms with Crippen molar-refractivity contribution in [2.45, 2.75) is 6.10 Å². The monoisotopic (exact) mass is 244 g/mol. The Kier molecular flexibility index (Phi) is 2.67. The molecule has 7 nitrogen and oxygen atoms in total. The van der Waals surface area contributed by atoms with Gasteiger partial charge in [-0.2, -0.15) is 8.42 Å². The van der Waals surface area contributed by atoms with Crippen LogP contribution in [0.5, 0.6) is 0 Å². The quantitative estimate of drug-likeness (QED) is 0.494. The molecule has 2 aliphatic heterocycles. The molecule has 2 fully saturated rings. The standard InChI is InChI=1S/C5H9O7PS/c6-13(9-1-2-10-13)12-5-3-11-14(7,8)4-5/h5H,1-4H2. The minimum absolute atomic E-state index is 0.140. The number of phosphoric acid groups is 1. The van der Waals surface area contributed by atoms with Crippen LogP contribution in [0.25, 0.3) is 0 Å². The summed E-state index contributed by atoms with van der Waals surface area (Å²) in [6, 6.07) is 0. The molecule has 0 aromatic heterocycles. The van der Waals surface area contributed by atoms with Gasteiger partial charge in [-0.3, -0.25) is 17.8 Å². The van der Waals surface area contributed by atoms with E-state index in [9.17, 15) is 13.0 Å². The number of hydrogen-bond donors (Lipinski definition) is 0. The van der Waals surface area contributed by atoms with Crippen molar-refractivity contribution >= 4 is 17.9 Å². The summed E-state index contributed by atoms with van der Waals surface area (Å²) >= 11 is 0. The van der Waals surface area contributed by atoms with E-state index in [-0.39, 0.29) is 25.6 Å². The van der Waals surface area contributed by atoms with Gasteiger partial charge in [0.05, 0.1) is 19.8 Å². The summed E-state index contributed by atoms with van der Waals surface area (Å²) in [7, 11) is -7.04.